The molecule has 285 valence electrons. The number of benzene rings is 4. The van der Waals surface area contributed by atoms with Crippen molar-refractivity contribution in [2.45, 2.75) is 72.0 Å². The van der Waals surface area contributed by atoms with Gasteiger partial charge in [-0.2, -0.15) is 0 Å². The van der Waals surface area contributed by atoms with E-state index >= 15 is 0 Å². The Labute approximate surface area is 346 Å². The number of pyridine rings is 3. The van der Waals surface area contributed by atoms with Gasteiger partial charge in [0.2, 0.25) is 5.71 Å². The second-order valence-electron chi connectivity index (χ2n) is 16.6. The Kier molecular flexibility index (Phi) is 12.1. The van der Waals surface area contributed by atoms with Gasteiger partial charge in [-0.3, -0.25) is 0 Å². The molecule has 0 spiro atoms. The van der Waals surface area contributed by atoms with Gasteiger partial charge in [0.05, 0.1) is 19.4 Å². The van der Waals surface area contributed by atoms with Crippen molar-refractivity contribution < 1.29 is 24.5 Å². The minimum Gasteiger partial charge on any atom is -0.486 e. The SMILES string of the molecule is CC(C)Cc1cc(-c2[c-]cccc2)ncc1[Si](C)(C)C.[Ir].[c-]1ccc2c(oc3nc(-c4ccc5ccccc5c4)ccc32)c1-c1cc(CC2CCCC2)ccn1. The summed E-state index contributed by atoms with van der Waals surface area (Å²) in [6.45, 7) is 11.7. The zero-order chi connectivity index (χ0) is 37.9. The van der Waals surface area contributed by atoms with Crippen molar-refractivity contribution in [1.82, 2.24) is 15.0 Å². The van der Waals surface area contributed by atoms with Crippen LogP contribution in [0, 0.1) is 24.0 Å². The van der Waals surface area contributed by atoms with Crippen molar-refractivity contribution in [2.75, 3.05) is 0 Å². The van der Waals surface area contributed by atoms with Crippen molar-refractivity contribution in [3.05, 3.63) is 145 Å². The molecule has 8 aromatic rings. The second kappa shape index (κ2) is 17.2. The van der Waals surface area contributed by atoms with Gasteiger partial charge in [0, 0.05) is 43.4 Å². The number of nitrogens with zero attached hydrogens (tertiary/aromatic N) is 3. The van der Waals surface area contributed by atoms with E-state index < -0.39 is 8.07 Å². The zero-order valence-corrected chi connectivity index (χ0v) is 36.4. The van der Waals surface area contributed by atoms with Crippen molar-refractivity contribution >= 4 is 46.1 Å². The van der Waals surface area contributed by atoms with Crippen LogP contribution in [0.2, 0.25) is 19.6 Å². The molecule has 4 nitrogen and oxygen atoms in total. The third-order valence-corrected chi connectivity index (χ3v) is 12.9. The standard InChI is InChI=1S/C32H25N2O.C18H24NSi.Ir/c1-2-7-21(6-1)18-22-16-17-33-30(19-22)28-11-5-10-26-27-14-15-29(34-32(27)35-31(26)28)25-13-12-23-8-3-4-9-24(23)20-25;1-14(2)11-16-12-17(15-9-7-6-8-10-15)19-13-18(16)20(3,4)5;/h3-5,8-10,12-17,19-21H,1-2,6-7,18H2;6-9,12-14H,11H2,1-5H3;/q2*-1;. The van der Waals surface area contributed by atoms with Crippen LogP contribution in [0.4, 0.5) is 0 Å². The normalized spacial score (nSPS) is 13.2. The minimum absolute atomic E-state index is 0. The predicted octanol–water partition coefficient (Wildman–Crippen LogP) is 12.7. The molecule has 4 heterocycles. The number of aromatic nitrogens is 3. The number of furan rings is 1. The van der Waals surface area contributed by atoms with Crippen LogP contribution < -0.4 is 5.19 Å². The molecule has 1 aliphatic carbocycles. The molecule has 1 saturated carbocycles. The van der Waals surface area contributed by atoms with Crippen molar-refractivity contribution in [1.29, 1.82) is 0 Å². The third-order valence-electron chi connectivity index (χ3n) is 10.8. The van der Waals surface area contributed by atoms with Crippen molar-refractivity contribution in [2.24, 2.45) is 11.8 Å². The van der Waals surface area contributed by atoms with E-state index in [9.17, 15) is 0 Å². The first-order chi connectivity index (χ1) is 26.7. The van der Waals surface area contributed by atoms with Gasteiger partial charge in [0.25, 0.3) is 0 Å². The molecule has 4 aromatic carbocycles. The molecule has 0 unspecified atom stereocenters. The van der Waals surface area contributed by atoms with E-state index in [2.05, 4.69) is 147 Å². The molecule has 56 heavy (non-hydrogen) atoms. The fraction of sp³-hybridized carbons (Fsp3) is 0.260. The van der Waals surface area contributed by atoms with Crippen molar-refractivity contribution in [3.8, 4) is 33.8 Å². The molecule has 9 rings (SSSR count). The molecule has 1 radical (unpaired) electrons. The van der Waals surface area contributed by atoms with E-state index in [4.69, 9.17) is 9.40 Å². The van der Waals surface area contributed by atoms with E-state index in [1.807, 2.05) is 30.5 Å². The molecule has 1 aliphatic rings. The fourth-order valence-corrected chi connectivity index (χ4v) is 9.68. The number of hydrogen-bond acceptors (Lipinski definition) is 4. The first-order valence-electron chi connectivity index (χ1n) is 19.8. The van der Waals surface area contributed by atoms with Gasteiger partial charge in [0.15, 0.2) is 0 Å². The van der Waals surface area contributed by atoms with E-state index in [1.165, 1.54) is 52.8 Å². The largest absolute Gasteiger partial charge is 0.486 e. The van der Waals surface area contributed by atoms with Gasteiger partial charge < -0.3 is 14.4 Å². The Bertz CT molecular complexity index is 2590. The maximum Gasteiger partial charge on any atom is 0.216 e. The van der Waals surface area contributed by atoms with Crippen molar-refractivity contribution in [3.63, 3.8) is 0 Å². The summed E-state index contributed by atoms with van der Waals surface area (Å²) in [5, 5.41) is 5.99. The van der Waals surface area contributed by atoms with Gasteiger partial charge >= 0.3 is 0 Å². The number of fused-ring (bicyclic) bond motifs is 4. The van der Waals surface area contributed by atoms with Gasteiger partial charge in [0.1, 0.15) is 0 Å². The molecule has 6 heteroatoms. The molecule has 0 bridgehead atoms. The molecule has 4 aromatic heterocycles. The summed E-state index contributed by atoms with van der Waals surface area (Å²) in [7, 11) is -1.34. The summed E-state index contributed by atoms with van der Waals surface area (Å²) in [6, 6.07) is 44.4. The van der Waals surface area contributed by atoms with Crippen LogP contribution in [0.3, 0.4) is 0 Å². The zero-order valence-electron chi connectivity index (χ0n) is 33.0. The fourth-order valence-electron chi connectivity index (χ4n) is 8.09. The van der Waals surface area contributed by atoms with Gasteiger partial charge in [-0.05, 0) is 76.3 Å². The Morgan fingerprint density at radius 1 is 0.750 bits per heavy atom. The average molecular weight is 928 g/mol. The van der Waals surface area contributed by atoms with Crippen LogP contribution in [-0.4, -0.2) is 23.0 Å². The second-order valence-corrected chi connectivity index (χ2v) is 21.6. The molecular weight excluding hydrogens is 879 g/mol. The van der Waals surface area contributed by atoms with Crippen LogP contribution in [0.1, 0.15) is 50.7 Å². The number of hydrogen-bond donors (Lipinski definition) is 0. The third kappa shape index (κ3) is 8.79. The maximum absolute atomic E-state index is 6.38. The summed E-state index contributed by atoms with van der Waals surface area (Å²) in [4.78, 5) is 14.3. The number of rotatable bonds is 8. The maximum atomic E-state index is 6.38. The Morgan fingerprint density at radius 3 is 2.32 bits per heavy atom. The molecule has 0 atom stereocenters. The molecule has 0 aliphatic heterocycles. The molecule has 1 fully saturated rings. The van der Waals surface area contributed by atoms with Crippen LogP contribution >= 0.6 is 0 Å². The van der Waals surface area contributed by atoms with Crippen LogP contribution in [0.25, 0.3) is 66.6 Å². The predicted molar refractivity (Wildman–Crippen MR) is 232 cm³/mol. The molecule has 0 N–H and O–H groups in total. The summed E-state index contributed by atoms with van der Waals surface area (Å²) >= 11 is 0. The van der Waals surface area contributed by atoms with E-state index in [0.717, 1.165) is 68.9 Å². The Morgan fingerprint density at radius 2 is 1.55 bits per heavy atom. The van der Waals surface area contributed by atoms with Crippen LogP contribution in [0.15, 0.2) is 126 Å². The Balaban J connectivity index is 0.000000197. The monoisotopic (exact) mass is 928 g/mol. The minimum atomic E-state index is -1.34. The molecular formula is C50H49IrN3OSi-2. The van der Waals surface area contributed by atoms with E-state index in [-0.39, 0.29) is 20.1 Å². The molecule has 0 saturated heterocycles. The first kappa shape index (κ1) is 39.5. The van der Waals surface area contributed by atoms with E-state index in [1.54, 1.807) is 0 Å². The summed E-state index contributed by atoms with van der Waals surface area (Å²) < 4.78 is 6.38. The van der Waals surface area contributed by atoms with Gasteiger partial charge in [-0.15, -0.1) is 54.1 Å². The van der Waals surface area contributed by atoms with Crippen LogP contribution in [0.5, 0.6) is 0 Å². The summed E-state index contributed by atoms with van der Waals surface area (Å²) in [6.07, 6.45) is 11.7. The summed E-state index contributed by atoms with van der Waals surface area (Å²) in [5.41, 5.74) is 10.2. The average Bonchev–Trinajstić information content (AvgIpc) is 3.85. The molecule has 0 amide bonds. The Hall–Kier alpha value is -4.74. The first-order valence-corrected chi connectivity index (χ1v) is 23.3. The topological polar surface area (TPSA) is 51.8 Å². The smallest absolute Gasteiger partial charge is 0.216 e. The summed E-state index contributed by atoms with van der Waals surface area (Å²) in [5.74, 6) is 1.47. The van der Waals surface area contributed by atoms with Gasteiger partial charge in [-0.1, -0.05) is 130 Å². The van der Waals surface area contributed by atoms with Gasteiger partial charge in [-0.25, -0.2) is 4.98 Å². The van der Waals surface area contributed by atoms with Crippen LogP contribution in [-0.2, 0) is 32.9 Å². The van der Waals surface area contributed by atoms with E-state index in [0.29, 0.717) is 11.6 Å². The quantitative estimate of drug-likeness (QED) is 0.113.